The van der Waals surface area contributed by atoms with Gasteiger partial charge in [-0.1, -0.05) is 62.7 Å². The van der Waals surface area contributed by atoms with Crippen molar-refractivity contribution in [3.05, 3.63) is 89.5 Å². The van der Waals surface area contributed by atoms with E-state index < -0.39 is 0 Å². The van der Waals surface area contributed by atoms with Gasteiger partial charge in [-0.2, -0.15) is 0 Å². The zero-order chi connectivity index (χ0) is 18.5. The highest BCUT2D eigenvalue weighted by Crippen LogP contribution is 2.35. The highest BCUT2D eigenvalue weighted by atomic mass is 15.1. The van der Waals surface area contributed by atoms with Gasteiger partial charge in [-0.3, -0.25) is 0 Å². The average Bonchev–Trinajstić information content (AvgIpc) is 2.70. The lowest BCUT2D eigenvalue weighted by atomic mass is 9.98. The Labute approximate surface area is 158 Å². The number of nitrogens with zero attached hydrogens (tertiary/aromatic N) is 1. The summed E-state index contributed by atoms with van der Waals surface area (Å²) >= 11 is 0. The van der Waals surface area contributed by atoms with Crippen LogP contribution in [0.15, 0.2) is 72.8 Å². The van der Waals surface area contributed by atoms with Crippen molar-refractivity contribution in [2.45, 2.75) is 46.5 Å². The van der Waals surface area contributed by atoms with Crippen LogP contribution >= 0.6 is 0 Å². The highest BCUT2D eigenvalue weighted by molar-refractivity contribution is 5.76. The van der Waals surface area contributed by atoms with Crippen LogP contribution in [0, 0.1) is 6.92 Å². The van der Waals surface area contributed by atoms with Gasteiger partial charge >= 0.3 is 0 Å². The fraction of sp³-hybridized carbons (Fsp3) is 0.280. The van der Waals surface area contributed by atoms with E-state index in [1.54, 1.807) is 0 Å². The molecule has 0 heterocycles. The molecule has 1 nitrogen and oxygen atoms in total. The van der Waals surface area contributed by atoms with Crippen molar-refractivity contribution in [1.82, 2.24) is 0 Å². The van der Waals surface area contributed by atoms with Crippen molar-refractivity contribution < 1.29 is 0 Å². The Morgan fingerprint density at radius 3 is 1.62 bits per heavy atom. The minimum absolute atomic E-state index is 0.598. The standard InChI is InChI=1S/C25H29N/c1-5-20(4)22-11-17-25(18-12-22)26(23-13-7-19(3)8-14-23)24-15-9-21(6-2)10-16-24/h7-18,20H,5-6H2,1-4H3. The fourth-order valence-electron chi connectivity index (χ4n) is 3.21. The van der Waals surface area contributed by atoms with Gasteiger partial charge in [0.1, 0.15) is 0 Å². The fourth-order valence-corrected chi connectivity index (χ4v) is 3.21. The second-order valence-corrected chi connectivity index (χ2v) is 7.09. The van der Waals surface area contributed by atoms with Gasteiger partial charge in [-0.15, -0.1) is 0 Å². The number of benzene rings is 3. The van der Waals surface area contributed by atoms with E-state index in [1.807, 2.05) is 0 Å². The van der Waals surface area contributed by atoms with Gasteiger partial charge in [-0.05, 0) is 73.2 Å². The number of aryl methyl sites for hydroxylation is 2. The molecule has 1 unspecified atom stereocenters. The smallest absolute Gasteiger partial charge is 0.0461 e. The highest BCUT2D eigenvalue weighted by Gasteiger charge is 2.13. The lowest BCUT2D eigenvalue weighted by molar-refractivity contribution is 0.733. The van der Waals surface area contributed by atoms with Crippen LogP contribution in [0.4, 0.5) is 17.1 Å². The van der Waals surface area contributed by atoms with E-state index in [0.29, 0.717) is 5.92 Å². The molecule has 0 radical (unpaired) electrons. The van der Waals surface area contributed by atoms with E-state index in [0.717, 1.165) is 6.42 Å². The van der Waals surface area contributed by atoms with Crippen molar-refractivity contribution in [3.8, 4) is 0 Å². The van der Waals surface area contributed by atoms with E-state index in [-0.39, 0.29) is 0 Å². The molecule has 0 N–H and O–H groups in total. The SMILES string of the molecule is CCc1ccc(N(c2ccc(C)cc2)c2ccc(C(C)CC)cc2)cc1. The summed E-state index contributed by atoms with van der Waals surface area (Å²) in [5, 5.41) is 0. The molecule has 0 aliphatic rings. The topological polar surface area (TPSA) is 3.24 Å². The maximum Gasteiger partial charge on any atom is 0.0461 e. The predicted molar refractivity (Wildman–Crippen MR) is 114 cm³/mol. The molecule has 0 bridgehead atoms. The Bertz CT molecular complexity index is 814. The number of rotatable bonds is 6. The molecule has 26 heavy (non-hydrogen) atoms. The zero-order valence-electron chi connectivity index (χ0n) is 16.4. The van der Waals surface area contributed by atoms with Crippen LogP contribution in [-0.4, -0.2) is 0 Å². The van der Waals surface area contributed by atoms with E-state index in [1.165, 1.54) is 40.2 Å². The maximum absolute atomic E-state index is 2.33. The minimum Gasteiger partial charge on any atom is -0.311 e. The summed E-state index contributed by atoms with van der Waals surface area (Å²) in [6.45, 7) is 8.86. The second-order valence-electron chi connectivity index (χ2n) is 7.09. The summed E-state index contributed by atoms with van der Waals surface area (Å²) in [6.07, 6.45) is 2.23. The van der Waals surface area contributed by atoms with E-state index in [2.05, 4.69) is 105 Å². The first-order valence-electron chi connectivity index (χ1n) is 9.68. The normalized spacial score (nSPS) is 12.0. The molecular formula is C25H29N. The maximum atomic E-state index is 2.33. The molecule has 3 aromatic carbocycles. The summed E-state index contributed by atoms with van der Waals surface area (Å²) in [6, 6.07) is 26.7. The van der Waals surface area contributed by atoms with E-state index >= 15 is 0 Å². The summed E-state index contributed by atoms with van der Waals surface area (Å²) in [5.74, 6) is 0.598. The molecule has 1 heteroatoms. The first-order valence-corrected chi connectivity index (χ1v) is 9.68. The van der Waals surface area contributed by atoms with Crippen molar-refractivity contribution in [3.63, 3.8) is 0 Å². The van der Waals surface area contributed by atoms with Crippen molar-refractivity contribution in [1.29, 1.82) is 0 Å². The molecular weight excluding hydrogens is 314 g/mol. The lowest BCUT2D eigenvalue weighted by Gasteiger charge is -2.26. The van der Waals surface area contributed by atoms with Crippen LogP contribution in [0.5, 0.6) is 0 Å². The van der Waals surface area contributed by atoms with Crippen LogP contribution in [0.2, 0.25) is 0 Å². The van der Waals surface area contributed by atoms with E-state index in [9.17, 15) is 0 Å². The molecule has 0 saturated carbocycles. The van der Waals surface area contributed by atoms with Gasteiger partial charge in [0.25, 0.3) is 0 Å². The quantitative estimate of drug-likeness (QED) is 0.447. The van der Waals surface area contributed by atoms with Crippen molar-refractivity contribution in [2.24, 2.45) is 0 Å². The van der Waals surface area contributed by atoms with Gasteiger partial charge in [0, 0.05) is 17.1 Å². The summed E-state index contributed by atoms with van der Waals surface area (Å²) in [7, 11) is 0. The molecule has 0 amide bonds. The zero-order valence-corrected chi connectivity index (χ0v) is 16.4. The largest absolute Gasteiger partial charge is 0.311 e. The molecule has 0 aliphatic heterocycles. The number of hydrogen-bond donors (Lipinski definition) is 0. The third-order valence-electron chi connectivity index (χ3n) is 5.23. The van der Waals surface area contributed by atoms with Gasteiger partial charge in [0.05, 0.1) is 0 Å². The molecule has 134 valence electrons. The van der Waals surface area contributed by atoms with E-state index in [4.69, 9.17) is 0 Å². The van der Waals surface area contributed by atoms with Gasteiger partial charge in [0.2, 0.25) is 0 Å². The molecule has 3 aromatic rings. The Balaban J connectivity index is 2.03. The summed E-state index contributed by atoms with van der Waals surface area (Å²) in [4.78, 5) is 2.33. The van der Waals surface area contributed by atoms with Crippen LogP contribution in [-0.2, 0) is 6.42 Å². The number of anilines is 3. The Morgan fingerprint density at radius 1 is 0.692 bits per heavy atom. The molecule has 0 aliphatic carbocycles. The minimum atomic E-state index is 0.598. The van der Waals surface area contributed by atoms with Crippen LogP contribution in [0.25, 0.3) is 0 Å². The summed E-state index contributed by atoms with van der Waals surface area (Å²) < 4.78 is 0. The number of hydrogen-bond acceptors (Lipinski definition) is 1. The van der Waals surface area contributed by atoms with Crippen LogP contribution < -0.4 is 4.90 Å². The Hall–Kier alpha value is -2.54. The molecule has 0 saturated heterocycles. The third kappa shape index (κ3) is 3.99. The monoisotopic (exact) mass is 343 g/mol. The first kappa shape index (κ1) is 18.3. The molecule has 1 atom stereocenters. The lowest BCUT2D eigenvalue weighted by Crippen LogP contribution is -2.10. The van der Waals surface area contributed by atoms with Crippen LogP contribution in [0.3, 0.4) is 0 Å². The third-order valence-corrected chi connectivity index (χ3v) is 5.23. The summed E-state index contributed by atoms with van der Waals surface area (Å²) in [5.41, 5.74) is 7.64. The Kier molecular flexibility index (Phi) is 5.78. The van der Waals surface area contributed by atoms with Gasteiger partial charge < -0.3 is 4.90 Å². The first-order chi connectivity index (χ1) is 12.6. The predicted octanol–water partition coefficient (Wildman–Crippen LogP) is 7.54. The molecule has 3 rings (SSSR count). The van der Waals surface area contributed by atoms with Crippen molar-refractivity contribution in [2.75, 3.05) is 4.90 Å². The van der Waals surface area contributed by atoms with Crippen LogP contribution in [0.1, 0.15) is 49.8 Å². The molecule has 0 fully saturated rings. The van der Waals surface area contributed by atoms with Crippen molar-refractivity contribution >= 4 is 17.1 Å². The average molecular weight is 344 g/mol. The second kappa shape index (κ2) is 8.23. The Morgan fingerprint density at radius 2 is 1.15 bits per heavy atom. The van der Waals surface area contributed by atoms with Gasteiger partial charge in [0.15, 0.2) is 0 Å². The molecule has 0 aromatic heterocycles. The van der Waals surface area contributed by atoms with Gasteiger partial charge in [-0.25, -0.2) is 0 Å². The molecule has 0 spiro atoms.